The zero-order chi connectivity index (χ0) is 21.7. The molecule has 8 nitrogen and oxygen atoms in total. The van der Waals surface area contributed by atoms with E-state index in [0.717, 1.165) is 12.8 Å². The number of unbranched alkanes of at least 4 members (excludes halogenated alkanes) is 15. The van der Waals surface area contributed by atoms with Gasteiger partial charge in [0.25, 0.3) is 0 Å². The summed E-state index contributed by atoms with van der Waals surface area (Å²) in [5.74, 6) is 0. The first-order valence-corrected chi connectivity index (χ1v) is 13.1. The number of rotatable bonds is 18. The van der Waals surface area contributed by atoms with Crippen LogP contribution in [0.4, 0.5) is 0 Å². The molecule has 0 saturated heterocycles. The Balaban J connectivity index is -0.000000429. The van der Waals surface area contributed by atoms with Crippen molar-refractivity contribution in [1.82, 2.24) is 0 Å². The van der Waals surface area contributed by atoms with Crippen molar-refractivity contribution in [2.24, 2.45) is 0 Å². The maximum atomic E-state index is 10.3. The zero-order valence-electron chi connectivity index (χ0n) is 17.2. The molecule has 0 aromatic carbocycles. The quantitative estimate of drug-likeness (QED) is 0.146. The van der Waals surface area contributed by atoms with E-state index in [9.17, 15) is 8.42 Å². The van der Waals surface area contributed by atoms with Gasteiger partial charge in [0, 0.05) is 0 Å². The molecule has 0 rings (SSSR count). The minimum atomic E-state index is -4.67. The second-order valence-corrected chi connectivity index (χ2v) is 8.99. The summed E-state index contributed by atoms with van der Waals surface area (Å²) < 4.78 is 64.9. The van der Waals surface area contributed by atoms with E-state index >= 15 is 0 Å². The SMILES string of the molecule is CCCCCCCCCCCCCCCCCCOS(=O)(=O)O.O=S(=O)(O)O.[NaH].[NaH]. The van der Waals surface area contributed by atoms with Crippen LogP contribution < -0.4 is 0 Å². The predicted octanol–water partition coefficient (Wildman–Crippen LogP) is 4.12. The van der Waals surface area contributed by atoms with Crippen molar-refractivity contribution in [2.75, 3.05) is 6.61 Å². The fraction of sp³-hybridized carbons (Fsp3) is 1.00. The van der Waals surface area contributed by atoms with Crippen molar-refractivity contribution in [3.05, 3.63) is 0 Å². The van der Waals surface area contributed by atoms with Gasteiger partial charge in [-0.1, -0.05) is 103 Å². The third kappa shape index (κ3) is 52.0. The van der Waals surface area contributed by atoms with Crippen LogP contribution in [0, 0.1) is 0 Å². The molecule has 3 N–H and O–H groups in total. The molecule has 0 heterocycles. The summed E-state index contributed by atoms with van der Waals surface area (Å²) >= 11 is 0. The molecule has 0 aliphatic carbocycles. The molecule has 0 bridgehead atoms. The molecular weight excluding hydrogens is 454 g/mol. The third-order valence-electron chi connectivity index (χ3n) is 4.23. The Morgan fingerprint density at radius 2 is 0.767 bits per heavy atom. The summed E-state index contributed by atoms with van der Waals surface area (Å²) in [5, 5.41) is 0. The first-order chi connectivity index (χ1) is 13.1. The van der Waals surface area contributed by atoms with E-state index in [2.05, 4.69) is 11.1 Å². The number of hydrogen-bond donors (Lipinski definition) is 3. The van der Waals surface area contributed by atoms with Crippen LogP contribution >= 0.6 is 0 Å². The van der Waals surface area contributed by atoms with E-state index in [1.54, 1.807) is 0 Å². The van der Waals surface area contributed by atoms with Crippen molar-refractivity contribution in [3.63, 3.8) is 0 Å². The third-order valence-corrected chi connectivity index (χ3v) is 4.69. The molecule has 0 unspecified atom stereocenters. The molecule has 0 aromatic rings. The molecule has 0 aromatic heterocycles. The Hall–Kier alpha value is 1.74. The van der Waals surface area contributed by atoms with Crippen LogP contribution in [0.15, 0.2) is 0 Å². The molecule has 30 heavy (non-hydrogen) atoms. The van der Waals surface area contributed by atoms with Gasteiger partial charge in [0.1, 0.15) is 0 Å². The van der Waals surface area contributed by atoms with Crippen LogP contribution in [0.2, 0.25) is 0 Å². The predicted molar refractivity (Wildman–Crippen MR) is 126 cm³/mol. The van der Waals surface area contributed by atoms with Crippen LogP contribution in [0.5, 0.6) is 0 Å². The zero-order valence-corrected chi connectivity index (χ0v) is 18.9. The fourth-order valence-corrected chi connectivity index (χ4v) is 3.14. The Morgan fingerprint density at radius 3 is 1.00 bits per heavy atom. The van der Waals surface area contributed by atoms with E-state index in [-0.39, 0.29) is 65.7 Å². The van der Waals surface area contributed by atoms with Crippen LogP contribution in [-0.4, -0.2) is 96.2 Å². The maximum absolute atomic E-state index is 10.3. The Morgan fingerprint density at radius 1 is 0.533 bits per heavy atom. The molecule has 0 atom stereocenters. The number of hydrogen-bond acceptors (Lipinski definition) is 5. The Kier molecular flexibility index (Phi) is 35.1. The van der Waals surface area contributed by atoms with Crippen molar-refractivity contribution in [1.29, 1.82) is 0 Å². The van der Waals surface area contributed by atoms with Gasteiger partial charge in [-0.15, -0.1) is 0 Å². The molecule has 0 aliphatic rings. The van der Waals surface area contributed by atoms with Crippen LogP contribution in [0.1, 0.15) is 110 Å². The van der Waals surface area contributed by atoms with Crippen molar-refractivity contribution in [3.8, 4) is 0 Å². The van der Waals surface area contributed by atoms with Gasteiger partial charge in [-0.05, 0) is 6.42 Å². The second-order valence-electron chi connectivity index (χ2n) is 7.00. The van der Waals surface area contributed by atoms with Crippen LogP contribution in [-0.2, 0) is 25.0 Å². The first kappa shape index (κ1) is 39.0. The second kappa shape index (κ2) is 27.0. The van der Waals surface area contributed by atoms with E-state index in [0.29, 0.717) is 6.42 Å². The van der Waals surface area contributed by atoms with Crippen LogP contribution in [0.25, 0.3) is 0 Å². The molecule has 176 valence electrons. The Bertz CT molecular complexity index is 520. The summed E-state index contributed by atoms with van der Waals surface area (Å²) in [6.07, 6.45) is 20.5. The standard InChI is InChI=1S/C18H38O4S.2Na.H2O4S.2H/c1-2-3-4-5-6-7-8-9-10-11-12-13-14-15-16-17-18-22-23(19,20)21;;;1-5(2,3)4;;/h2-18H2,1H3,(H,19,20,21);;;(H2,1,2,3,4);;. The van der Waals surface area contributed by atoms with Gasteiger partial charge < -0.3 is 0 Å². The van der Waals surface area contributed by atoms with Gasteiger partial charge in [-0.3, -0.25) is 13.7 Å². The minimum absolute atomic E-state index is 0. The average Bonchev–Trinajstić information content (AvgIpc) is 2.55. The molecule has 0 amide bonds. The van der Waals surface area contributed by atoms with Crippen molar-refractivity contribution >= 4 is 79.9 Å². The molecule has 0 fully saturated rings. The van der Waals surface area contributed by atoms with Gasteiger partial charge >= 0.3 is 79.9 Å². The molecular formula is C18H42Na2O8S2. The van der Waals surface area contributed by atoms with Gasteiger partial charge in [-0.2, -0.15) is 16.8 Å². The van der Waals surface area contributed by atoms with Crippen molar-refractivity contribution < 1.29 is 34.7 Å². The monoisotopic (exact) mass is 496 g/mol. The first-order valence-electron chi connectivity index (χ1n) is 10.4. The van der Waals surface area contributed by atoms with Gasteiger partial charge in [0.05, 0.1) is 6.61 Å². The summed E-state index contributed by atoms with van der Waals surface area (Å²) in [7, 11) is -8.91. The van der Waals surface area contributed by atoms with E-state index < -0.39 is 20.8 Å². The summed E-state index contributed by atoms with van der Waals surface area (Å²) in [6, 6.07) is 0. The van der Waals surface area contributed by atoms with Gasteiger partial charge in [0.2, 0.25) is 0 Å². The summed E-state index contributed by atoms with van der Waals surface area (Å²) in [4.78, 5) is 0. The van der Waals surface area contributed by atoms with Gasteiger partial charge in [-0.25, -0.2) is 4.18 Å². The average molecular weight is 497 g/mol. The molecule has 0 spiro atoms. The molecule has 0 aliphatic heterocycles. The summed E-state index contributed by atoms with van der Waals surface area (Å²) in [6.45, 7) is 2.36. The summed E-state index contributed by atoms with van der Waals surface area (Å²) in [5.41, 5.74) is 0. The topological polar surface area (TPSA) is 138 Å². The molecule has 0 saturated carbocycles. The molecule has 12 heteroatoms. The fourth-order valence-electron chi connectivity index (χ4n) is 2.81. The van der Waals surface area contributed by atoms with Crippen molar-refractivity contribution in [2.45, 2.75) is 110 Å². The van der Waals surface area contributed by atoms with E-state index in [1.165, 1.54) is 83.5 Å². The van der Waals surface area contributed by atoms with E-state index in [4.69, 9.17) is 22.1 Å². The normalized spacial score (nSPS) is 11.1. The molecule has 0 radical (unpaired) electrons. The van der Waals surface area contributed by atoms with Gasteiger partial charge in [0.15, 0.2) is 0 Å². The van der Waals surface area contributed by atoms with E-state index in [1.807, 2.05) is 0 Å². The van der Waals surface area contributed by atoms with Crippen LogP contribution in [0.3, 0.4) is 0 Å². The Labute approximate surface area is 228 Å².